The normalized spacial score (nSPS) is 15.2. The van der Waals surface area contributed by atoms with Crippen LogP contribution in [0.2, 0.25) is 0 Å². The summed E-state index contributed by atoms with van der Waals surface area (Å²) in [5, 5.41) is 12.6. The molecular weight excluding hydrogens is 348 g/mol. The largest absolute Gasteiger partial charge is 0.357 e. The predicted octanol–water partition coefficient (Wildman–Crippen LogP) is 1.76. The lowest BCUT2D eigenvalue weighted by Gasteiger charge is -2.20. The van der Waals surface area contributed by atoms with Crippen LogP contribution in [0.4, 0.5) is 5.13 Å². The van der Waals surface area contributed by atoms with E-state index in [9.17, 15) is 4.79 Å². The highest BCUT2D eigenvalue weighted by atomic mass is 32.1. The molecule has 0 bridgehead atoms. The van der Waals surface area contributed by atoms with E-state index in [1.165, 1.54) is 12.8 Å². The van der Waals surface area contributed by atoms with E-state index in [4.69, 9.17) is 4.98 Å². The standard InChI is InChI=1S/C18H32N6OS/c1-5-19-16(21-12-15(25)23-18(2,3)4)20-9-8-14-13-26-17(22-14)24-10-6-7-11-24/h13H,5-12H2,1-4H3,(H,23,25)(H2,19,20,21). The Morgan fingerprint density at radius 2 is 2.04 bits per heavy atom. The van der Waals surface area contributed by atoms with E-state index in [0.717, 1.165) is 43.4 Å². The highest BCUT2D eigenvalue weighted by molar-refractivity contribution is 7.13. The van der Waals surface area contributed by atoms with Gasteiger partial charge in [0.1, 0.15) is 6.54 Å². The van der Waals surface area contributed by atoms with Gasteiger partial charge in [-0.15, -0.1) is 11.3 Å². The van der Waals surface area contributed by atoms with Crippen LogP contribution < -0.4 is 20.9 Å². The summed E-state index contributed by atoms with van der Waals surface area (Å²) in [5.74, 6) is 0.580. The van der Waals surface area contributed by atoms with Crippen LogP contribution in [-0.2, 0) is 11.2 Å². The van der Waals surface area contributed by atoms with Gasteiger partial charge in [-0.2, -0.15) is 0 Å². The Labute approximate surface area is 160 Å². The molecule has 1 aliphatic rings. The summed E-state index contributed by atoms with van der Waals surface area (Å²) in [4.78, 5) is 23.3. The van der Waals surface area contributed by atoms with Crippen LogP contribution >= 0.6 is 11.3 Å². The third-order valence-corrected chi connectivity index (χ3v) is 4.78. The van der Waals surface area contributed by atoms with Crippen LogP contribution in [0.15, 0.2) is 10.4 Å². The minimum absolute atomic E-state index is 0.0792. The number of anilines is 1. The van der Waals surface area contributed by atoms with Crippen LogP contribution in [0.3, 0.4) is 0 Å². The number of hydrogen-bond acceptors (Lipinski definition) is 5. The van der Waals surface area contributed by atoms with Crippen molar-refractivity contribution >= 4 is 28.3 Å². The molecular formula is C18H32N6OS. The molecule has 1 amide bonds. The molecule has 26 heavy (non-hydrogen) atoms. The predicted molar refractivity (Wildman–Crippen MR) is 109 cm³/mol. The number of aliphatic imine (C=N–C) groups is 1. The van der Waals surface area contributed by atoms with Gasteiger partial charge in [0.25, 0.3) is 0 Å². The monoisotopic (exact) mass is 380 g/mol. The summed E-state index contributed by atoms with van der Waals surface area (Å²) < 4.78 is 0. The molecule has 8 heteroatoms. The fourth-order valence-electron chi connectivity index (χ4n) is 2.72. The Balaban J connectivity index is 1.78. The highest BCUT2D eigenvalue weighted by Crippen LogP contribution is 2.24. The van der Waals surface area contributed by atoms with Crippen molar-refractivity contribution in [3.05, 3.63) is 11.1 Å². The first-order chi connectivity index (χ1) is 12.4. The van der Waals surface area contributed by atoms with Gasteiger partial charge in [0, 0.05) is 43.5 Å². The van der Waals surface area contributed by atoms with Crippen LogP contribution in [0.1, 0.15) is 46.2 Å². The van der Waals surface area contributed by atoms with E-state index in [0.29, 0.717) is 5.96 Å². The van der Waals surface area contributed by atoms with E-state index in [1.807, 2.05) is 27.7 Å². The van der Waals surface area contributed by atoms with E-state index in [1.54, 1.807) is 11.3 Å². The molecule has 2 rings (SSSR count). The number of amides is 1. The zero-order chi connectivity index (χ0) is 19.0. The first kappa shape index (κ1) is 20.5. The molecule has 0 aliphatic carbocycles. The van der Waals surface area contributed by atoms with E-state index < -0.39 is 0 Å². The van der Waals surface area contributed by atoms with Crippen molar-refractivity contribution in [3.63, 3.8) is 0 Å². The molecule has 1 fully saturated rings. The molecule has 1 aromatic heterocycles. The maximum atomic E-state index is 11.9. The summed E-state index contributed by atoms with van der Waals surface area (Å²) in [7, 11) is 0. The summed E-state index contributed by atoms with van der Waals surface area (Å²) in [6.07, 6.45) is 3.37. The maximum Gasteiger partial charge on any atom is 0.242 e. The van der Waals surface area contributed by atoms with Gasteiger partial charge < -0.3 is 20.9 Å². The Bertz CT molecular complexity index is 601. The molecule has 3 N–H and O–H groups in total. The second-order valence-corrected chi connectivity index (χ2v) is 8.32. The van der Waals surface area contributed by atoms with E-state index >= 15 is 0 Å². The van der Waals surface area contributed by atoms with E-state index in [2.05, 4.69) is 31.2 Å². The average Bonchev–Trinajstić information content (AvgIpc) is 3.22. The number of hydrogen-bond donors (Lipinski definition) is 3. The minimum atomic E-state index is -0.240. The fraction of sp³-hybridized carbons (Fsp3) is 0.722. The molecule has 0 spiro atoms. The number of thiazole rings is 1. The second-order valence-electron chi connectivity index (χ2n) is 7.49. The Hall–Kier alpha value is -1.83. The maximum absolute atomic E-state index is 11.9. The third-order valence-electron chi connectivity index (χ3n) is 3.83. The zero-order valence-electron chi connectivity index (χ0n) is 16.4. The second kappa shape index (κ2) is 9.75. The molecule has 0 atom stereocenters. The number of carbonyl (C=O) groups excluding carboxylic acids is 1. The van der Waals surface area contributed by atoms with Crippen molar-refractivity contribution < 1.29 is 4.79 Å². The molecule has 2 heterocycles. The summed E-state index contributed by atoms with van der Waals surface area (Å²) in [5.41, 5.74) is 0.862. The Morgan fingerprint density at radius 3 is 2.69 bits per heavy atom. The van der Waals surface area contributed by atoms with Gasteiger partial charge in [0.15, 0.2) is 11.1 Å². The zero-order valence-corrected chi connectivity index (χ0v) is 17.2. The number of carbonyl (C=O) groups is 1. The quantitative estimate of drug-likeness (QED) is 0.496. The van der Waals surface area contributed by atoms with Crippen molar-refractivity contribution in [2.24, 2.45) is 4.99 Å². The third kappa shape index (κ3) is 7.19. The summed E-state index contributed by atoms with van der Waals surface area (Å²) in [6, 6.07) is 0. The number of rotatable bonds is 7. The first-order valence-electron chi connectivity index (χ1n) is 9.40. The van der Waals surface area contributed by atoms with Crippen LogP contribution in [0.5, 0.6) is 0 Å². The fourth-order valence-corrected chi connectivity index (χ4v) is 3.64. The lowest BCUT2D eigenvalue weighted by atomic mass is 10.1. The average molecular weight is 381 g/mol. The summed E-state index contributed by atoms with van der Waals surface area (Å²) >= 11 is 1.72. The highest BCUT2D eigenvalue weighted by Gasteiger charge is 2.16. The number of nitrogens with one attached hydrogen (secondary N) is 3. The molecule has 1 aliphatic heterocycles. The smallest absolute Gasteiger partial charge is 0.242 e. The Kier molecular flexibility index (Phi) is 7.68. The molecule has 0 unspecified atom stereocenters. The number of guanidine groups is 1. The topological polar surface area (TPSA) is 81.6 Å². The van der Waals surface area contributed by atoms with Gasteiger partial charge in [-0.05, 0) is 40.5 Å². The Morgan fingerprint density at radius 1 is 1.31 bits per heavy atom. The van der Waals surface area contributed by atoms with Crippen molar-refractivity contribution in [1.82, 2.24) is 20.9 Å². The van der Waals surface area contributed by atoms with Crippen molar-refractivity contribution in [1.29, 1.82) is 0 Å². The lowest BCUT2D eigenvalue weighted by Crippen LogP contribution is -2.43. The molecule has 0 radical (unpaired) electrons. The van der Waals surface area contributed by atoms with Crippen molar-refractivity contribution in [2.45, 2.75) is 52.5 Å². The molecule has 1 aromatic rings. The first-order valence-corrected chi connectivity index (χ1v) is 10.3. The van der Waals surface area contributed by atoms with Gasteiger partial charge in [0.2, 0.25) is 5.91 Å². The van der Waals surface area contributed by atoms with Gasteiger partial charge in [-0.1, -0.05) is 0 Å². The van der Waals surface area contributed by atoms with Gasteiger partial charge >= 0.3 is 0 Å². The SMILES string of the molecule is CCNC(=NCC(=O)NC(C)(C)C)NCCc1csc(N2CCCC2)n1. The molecule has 146 valence electrons. The molecule has 7 nitrogen and oxygen atoms in total. The number of nitrogens with zero attached hydrogens (tertiary/aromatic N) is 3. The van der Waals surface area contributed by atoms with Crippen LogP contribution in [0, 0.1) is 0 Å². The van der Waals surface area contributed by atoms with Gasteiger partial charge in [-0.3, -0.25) is 4.79 Å². The minimum Gasteiger partial charge on any atom is -0.357 e. The van der Waals surface area contributed by atoms with Crippen LogP contribution in [0.25, 0.3) is 0 Å². The van der Waals surface area contributed by atoms with Crippen molar-refractivity contribution in [2.75, 3.05) is 37.6 Å². The summed E-state index contributed by atoms with van der Waals surface area (Å²) in [6.45, 7) is 11.7. The molecule has 0 saturated carbocycles. The van der Waals surface area contributed by atoms with E-state index in [-0.39, 0.29) is 18.0 Å². The number of aromatic nitrogens is 1. The van der Waals surface area contributed by atoms with Crippen molar-refractivity contribution in [3.8, 4) is 0 Å². The van der Waals surface area contributed by atoms with Crippen LogP contribution in [-0.4, -0.2) is 55.1 Å². The molecule has 0 aromatic carbocycles. The lowest BCUT2D eigenvalue weighted by molar-refractivity contribution is -0.121. The van der Waals surface area contributed by atoms with Gasteiger partial charge in [0.05, 0.1) is 5.69 Å². The molecule has 1 saturated heterocycles. The van der Waals surface area contributed by atoms with Gasteiger partial charge in [-0.25, -0.2) is 9.98 Å².